The average molecular weight is 220 g/mol. The van der Waals surface area contributed by atoms with Crippen molar-refractivity contribution >= 4 is 5.97 Å². The van der Waals surface area contributed by atoms with Gasteiger partial charge in [0.05, 0.1) is 24.7 Å². The lowest BCUT2D eigenvalue weighted by atomic mass is 9.85. The molecular formula is C12H16N2O2. The number of esters is 1. The van der Waals surface area contributed by atoms with E-state index in [1.165, 1.54) is 0 Å². The Balaban J connectivity index is 3.00. The smallest absolute Gasteiger partial charge is 0.312 e. The minimum Gasteiger partial charge on any atom is -0.466 e. The van der Waals surface area contributed by atoms with Gasteiger partial charge < -0.3 is 4.74 Å². The van der Waals surface area contributed by atoms with Gasteiger partial charge in [-0.05, 0) is 12.3 Å². The molecule has 0 amide bonds. The van der Waals surface area contributed by atoms with Crippen LogP contribution in [-0.4, -0.2) is 12.6 Å². The molecular weight excluding hydrogens is 204 g/mol. The van der Waals surface area contributed by atoms with Crippen LogP contribution in [0.2, 0.25) is 0 Å². The van der Waals surface area contributed by atoms with E-state index in [1.807, 2.05) is 32.9 Å². The van der Waals surface area contributed by atoms with Gasteiger partial charge in [0.1, 0.15) is 0 Å². The molecule has 4 nitrogen and oxygen atoms in total. The van der Waals surface area contributed by atoms with E-state index in [2.05, 4.69) is 0 Å². The second-order valence-electron chi connectivity index (χ2n) is 5.17. The molecule has 0 aromatic heterocycles. The summed E-state index contributed by atoms with van der Waals surface area (Å²) in [5, 5.41) is 18.2. The fourth-order valence-electron chi connectivity index (χ4n) is 2.43. The van der Waals surface area contributed by atoms with Crippen LogP contribution in [0.1, 0.15) is 27.7 Å². The fourth-order valence-corrected chi connectivity index (χ4v) is 2.43. The maximum absolute atomic E-state index is 11.7. The third-order valence-corrected chi connectivity index (χ3v) is 3.05. The van der Waals surface area contributed by atoms with Crippen molar-refractivity contribution in [2.75, 3.05) is 6.61 Å². The summed E-state index contributed by atoms with van der Waals surface area (Å²) < 4.78 is 4.91. The molecule has 0 N–H and O–H groups in total. The summed E-state index contributed by atoms with van der Waals surface area (Å²) in [7, 11) is 0. The van der Waals surface area contributed by atoms with E-state index in [1.54, 1.807) is 6.92 Å². The van der Waals surface area contributed by atoms with Gasteiger partial charge in [0.25, 0.3) is 0 Å². The number of hydrogen-bond acceptors (Lipinski definition) is 4. The molecule has 1 fully saturated rings. The van der Waals surface area contributed by atoms with Crippen molar-refractivity contribution in [3.05, 3.63) is 0 Å². The van der Waals surface area contributed by atoms with Crippen LogP contribution >= 0.6 is 0 Å². The van der Waals surface area contributed by atoms with Gasteiger partial charge in [-0.15, -0.1) is 0 Å². The Labute approximate surface area is 95.8 Å². The van der Waals surface area contributed by atoms with Crippen LogP contribution < -0.4 is 0 Å². The minimum absolute atomic E-state index is 0.242. The van der Waals surface area contributed by atoms with E-state index in [9.17, 15) is 4.79 Å². The topological polar surface area (TPSA) is 73.9 Å². The van der Waals surface area contributed by atoms with Gasteiger partial charge in [-0.1, -0.05) is 20.8 Å². The molecule has 4 heteroatoms. The number of ether oxygens (including phenoxy) is 1. The molecule has 1 saturated carbocycles. The van der Waals surface area contributed by atoms with Crippen molar-refractivity contribution < 1.29 is 9.53 Å². The number of nitrogens with zero attached hydrogens (tertiary/aromatic N) is 2. The fraction of sp³-hybridized carbons (Fsp3) is 0.750. The van der Waals surface area contributed by atoms with Crippen LogP contribution in [0.25, 0.3) is 0 Å². The van der Waals surface area contributed by atoms with E-state index >= 15 is 0 Å². The molecule has 0 aliphatic heterocycles. The molecule has 2 atom stereocenters. The van der Waals surface area contributed by atoms with Crippen molar-refractivity contribution in [1.29, 1.82) is 10.5 Å². The number of carbonyl (C=O) groups excluding carboxylic acids is 1. The highest BCUT2D eigenvalue weighted by atomic mass is 16.5. The number of hydrogen-bond donors (Lipinski definition) is 0. The molecule has 1 aliphatic rings. The molecule has 0 radical (unpaired) electrons. The first kappa shape index (κ1) is 12.5. The number of nitriles is 2. The lowest BCUT2D eigenvalue weighted by molar-refractivity contribution is -0.145. The zero-order valence-electron chi connectivity index (χ0n) is 10.1. The lowest BCUT2D eigenvalue weighted by Gasteiger charge is -2.18. The van der Waals surface area contributed by atoms with Crippen LogP contribution in [-0.2, 0) is 9.53 Å². The van der Waals surface area contributed by atoms with Gasteiger partial charge in [0.15, 0.2) is 5.41 Å². The zero-order chi connectivity index (χ0) is 12.6. The third-order valence-electron chi connectivity index (χ3n) is 3.05. The van der Waals surface area contributed by atoms with Gasteiger partial charge in [-0.3, -0.25) is 4.79 Å². The Morgan fingerprint density at radius 1 is 1.38 bits per heavy atom. The number of rotatable bonds is 2. The summed E-state index contributed by atoms with van der Waals surface area (Å²) in [6.07, 6.45) is 0. The van der Waals surface area contributed by atoms with Gasteiger partial charge in [-0.25, -0.2) is 0 Å². The molecule has 16 heavy (non-hydrogen) atoms. The highest BCUT2D eigenvalue weighted by Gasteiger charge is 2.74. The van der Waals surface area contributed by atoms with E-state index in [0.717, 1.165) is 0 Å². The Bertz CT molecular complexity index is 367. The lowest BCUT2D eigenvalue weighted by Crippen LogP contribution is -2.15. The van der Waals surface area contributed by atoms with Crippen molar-refractivity contribution in [2.24, 2.45) is 22.7 Å². The third kappa shape index (κ3) is 1.65. The van der Waals surface area contributed by atoms with Crippen molar-refractivity contribution in [2.45, 2.75) is 27.7 Å². The molecule has 1 rings (SSSR count). The average Bonchev–Trinajstić information content (AvgIpc) is 2.87. The maximum atomic E-state index is 11.7. The predicted octanol–water partition coefficient (Wildman–Crippen LogP) is 1.88. The van der Waals surface area contributed by atoms with Crippen LogP contribution in [0, 0.1) is 45.3 Å². The standard InChI is InChI=1S/C12H16N2O2/c1-5-16-10(15)8-9(11(2,3)4)12(8,6-13)7-14/h8-9H,5H2,1-4H3/t8-,9-/m1/s1. The molecule has 0 spiro atoms. The Morgan fingerprint density at radius 2 is 1.88 bits per heavy atom. The van der Waals surface area contributed by atoms with E-state index in [4.69, 9.17) is 15.3 Å². The summed E-state index contributed by atoms with van der Waals surface area (Å²) in [5.74, 6) is -1.26. The first-order chi connectivity index (χ1) is 7.35. The highest BCUT2D eigenvalue weighted by Crippen LogP contribution is 2.65. The van der Waals surface area contributed by atoms with Crippen LogP contribution in [0.3, 0.4) is 0 Å². The molecule has 0 saturated heterocycles. The SMILES string of the molecule is CCOC(=O)[C@H]1[C@H](C(C)(C)C)C1(C#N)C#N. The van der Waals surface area contributed by atoms with Gasteiger partial charge in [-0.2, -0.15) is 10.5 Å². The van der Waals surface area contributed by atoms with Crippen LogP contribution in [0.15, 0.2) is 0 Å². The summed E-state index contributed by atoms with van der Waals surface area (Å²) in [6, 6.07) is 3.97. The molecule has 86 valence electrons. The van der Waals surface area contributed by atoms with Gasteiger partial charge in [0, 0.05) is 5.92 Å². The Hall–Kier alpha value is -1.55. The maximum Gasteiger partial charge on any atom is 0.312 e. The van der Waals surface area contributed by atoms with Crippen LogP contribution in [0.4, 0.5) is 0 Å². The number of carbonyl (C=O) groups is 1. The summed E-state index contributed by atoms with van der Waals surface area (Å²) >= 11 is 0. The summed E-state index contributed by atoms with van der Waals surface area (Å²) in [5.41, 5.74) is -1.44. The zero-order valence-corrected chi connectivity index (χ0v) is 10.1. The van der Waals surface area contributed by atoms with E-state index in [-0.39, 0.29) is 17.9 Å². The second kappa shape index (κ2) is 3.79. The first-order valence-corrected chi connectivity index (χ1v) is 5.34. The van der Waals surface area contributed by atoms with Crippen molar-refractivity contribution in [1.82, 2.24) is 0 Å². The molecule has 0 aromatic rings. The van der Waals surface area contributed by atoms with E-state index < -0.39 is 17.3 Å². The van der Waals surface area contributed by atoms with Gasteiger partial charge in [0.2, 0.25) is 0 Å². The predicted molar refractivity (Wildman–Crippen MR) is 56.7 cm³/mol. The molecule has 0 heterocycles. The molecule has 1 aliphatic carbocycles. The summed E-state index contributed by atoms with van der Waals surface area (Å²) in [4.78, 5) is 11.7. The minimum atomic E-state index is -1.19. The molecule has 0 bridgehead atoms. The van der Waals surface area contributed by atoms with Gasteiger partial charge >= 0.3 is 5.97 Å². The van der Waals surface area contributed by atoms with Crippen LogP contribution in [0.5, 0.6) is 0 Å². The summed E-state index contributed by atoms with van der Waals surface area (Å²) in [6.45, 7) is 7.78. The quantitative estimate of drug-likeness (QED) is 0.666. The Morgan fingerprint density at radius 3 is 2.12 bits per heavy atom. The largest absolute Gasteiger partial charge is 0.466 e. The van der Waals surface area contributed by atoms with Crippen molar-refractivity contribution in [3.8, 4) is 12.1 Å². The highest BCUT2D eigenvalue weighted by molar-refractivity contribution is 5.80. The molecule has 0 unspecified atom stereocenters. The molecule has 0 aromatic carbocycles. The first-order valence-electron chi connectivity index (χ1n) is 5.34. The monoisotopic (exact) mass is 220 g/mol. The second-order valence-corrected chi connectivity index (χ2v) is 5.17. The normalized spacial score (nSPS) is 26.4. The Kier molecular flexibility index (Phi) is 2.97. The van der Waals surface area contributed by atoms with Crippen molar-refractivity contribution in [3.63, 3.8) is 0 Å². The van der Waals surface area contributed by atoms with E-state index in [0.29, 0.717) is 0 Å².